The van der Waals surface area contributed by atoms with E-state index in [2.05, 4.69) is 15.4 Å². The lowest BCUT2D eigenvalue weighted by Crippen LogP contribution is -2.60. The maximum absolute atomic E-state index is 12.8. The van der Waals surface area contributed by atoms with Crippen LogP contribution in [0.2, 0.25) is 0 Å². The van der Waals surface area contributed by atoms with E-state index >= 15 is 0 Å². The molecule has 2 N–H and O–H groups in total. The standard InChI is InChI=1S/C17H19N3O4.C7H13NO3/c21-11-13-7-4-10-19-15(22)9-8-14(17(24)20(13)19)18-16(23)12-5-2-1-3-6-12;1-3-11-7(10)4-6(5-9)8-2/h1-3,5-6,11,13-14H,4,7-10H2,(H,18,23);5-6,8H,3-4H2,1-2H3/t13-,14?;6-/m00/s1. The maximum atomic E-state index is 12.8. The molecular weight excluding hydrogens is 456 g/mol. The van der Waals surface area contributed by atoms with E-state index in [1.54, 1.807) is 44.3 Å². The second kappa shape index (κ2) is 14.0. The van der Waals surface area contributed by atoms with Crippen LogP contribution in [0.1, 0.15) is 49.4 Å². The number of hydrogen-bond donors (Lipinski definition) is 2. The monoisotopic (exact) mass is 488 g/mol. The van der Waals surface area contributed by atoms with Gasteiger partial charge in [-0.05, 0) is 45.4 Å². The van der Waals surface area contributed by atoms with Crippen molar-refractivity contribution in [3.8, 4) is 0 Å². The van der Waals surface area contributed by atoms with E-state index in [0.717, 1.165) is 0 Å². The first kappa shape index (κ1) is 27.6. The Morgan fingerprint density at radius 2 is 1.89 bits per heavy atom. The first-order chi connectivity index (χ1) is 16.9. The molecule has 2 aliphatic rings. The molecule has 0 spiro atoms. The van der Waals surface area contributed by atoms with E-state index in [1.807, 2.05) is 0 Å². The average Bonchev–Trinajstić information content (AvgIpc) is 3.00. The fraction of sp³-hybridized carbons (Fsp3) is 0.500. The van der Waals surface area contributed by atoms with Crippen molar-refractivity contribution in [2.24, 2.45) is 0 Å². The van der Waals surface area contributed by atoms with Crippen LogP contribution in [-0.2, 0) is 28.7 Å². The summed E-state index contributed by atoms with van der Waals surface area (Å²) in [6, 6.07) is 6.70. The molecule has 190 valence electrons. The quantitative estimate of drug-likeness (QED) is 0.391. The number of carbonyl (C=O) groups is 6. The molecule has 0 aliphatic carbocycles. The summed E-state index contributed by atoms with van der Waals surface area (Å²) in [5.41, 5.74) is 0.448. The van der Waals surface area contributed by atoms with Crippen LogP contribution in [0, 0.1) is 0 Å². The van der Waals surface area contributed by atoms with Crippen molar-refractivity contribution < 1.29 is 33.5 Å². The zero-order valence-electron chi connectivity index (χ0n) is 20.0. The van der Waals surface area contributed by atoms with Gasteiger partial charge < -0.3 is 25.0 Å². The number of fused-ring (bicyclic) bond motifs is 1. The van der Waals surface area contributed by atoms with Crippen LogP contribution in [0.25, 0.3) is 0 Å². The second-order valence-electron chi connectivity index (χ2n) is 8.02. The normalized spacial score (nSPS) is 20.4. The van der Waals surface area contributed by atoms with Gasteiger partial charge in [0.15, 0.2) is 0 Å². The van der Waals surface area contributed by atoms with Gasteiger partial charge in [0.1, 0.15) is 24.7 Å². The molecule has 3 atom stereocenters. The number of benzene rings is 1. The lowest BCUT2D eigenvalue weighted by molar-refractivity contribution is -0.173. The molecule has 11 nitrogen and oxygen atoms in total. The largest absolute Gasteiger partial charge is 0.466 e. The first-order valence-corrected chi connectivity index (χ1v) is 11.6. The Morgan fingerprint density at radius 3 is 2.49 bits per heavy atom. The van der Waals surface area contributed by atoms with Crippen LogP contribution >= 0.6 is 0 Å². The Labute approximate surface area is 204 Å². The van der Waals surface area contributed by atoms with Crippen LogP contribution in [-0.4, -0.2) is 84.6 Å². The van der Waals surface area contributed by atoms with Crippen LogP contribution in [0.15, 0.2) is 30.3 Å². The van der Waals surface area contributed by atoms with Gasteiger partial charge in [-0.15, -0.1) is 0 Å². The van der Waals surface area contributed by atoms with Gasteiger partial charge in [-0.25, -0.2) is 5.01 Å². The van der Waals surface area contributed by atoms with E-state index in [9.17, 15) is 28.8 Å². The first-order valence-electron chi connectivity index (χ1n) is 11.6. The van der Waals surface area contributed by atoms with Gasteiger partial charge in [-0.1, -0.05) is 18.2 Å². The summed E-state index contributed by atoms with van der Waals surface area (Å²) < 4.78 is 4.64. The molecule has 3 amide bonds. The Morgan fingerprint density at radius 1 is 1.17 bits per heavy atom. The molecule has 3 rings (SSSR count). The fourth-order valence-corrected chi connectivity index (χ4v) is 3.77. The summed E-state index contributed by atoms with van der Waals surface area (Å²) >= 11 is 0. The molecule has 1 unspecified atom stereocenters. The van der Waals surface area contributed by atoms with Gasteiger partial charge in [-0.2, -0.15) is 0 Å². The second-order valence-corrected chi connectivity index (χ2v) is 8.02. The van der Waals surface area contributed by atoms with Crippen LogP contribution < -0.4 is 10.6 Å². The molecular formula is C24H32N4O7. The number of esters is 1. The Hall–Kier alpha value is -3.60. The van der Waals surface area contributed by atoms with Crippen molar-refractivity contribution >= 4 is 36.3 Å². The van der Waals surface area contributed by atoms with Gasteiger partial charge in [0.2, 0.25) is 5.91 Å². The molecule has 2 fully saturated rings. The van der Waals surface area contributed by atoms with Crippen LogP contribution in [0.4, 0.5) is 0 Å². The Kier molecular flexibility index (Phi) is 11.0. The van der Waals surface area contributed by atoms with E-state index in [-0.39, 0.29) is 37.0 Å². The van der Waals surface area contributed by atoms with Crippen molar-refractivity contribution in [2.45, 2.75) is 57.2 Å². The third-order valence-electron chi connectivity index (χ3n) is 5.63. The van der Waals surface area contributed by atoms with Gasteiger partial charge in [-0.3, -0.25) is 24.2 Å². The highest BCUT2D eigenvalue weighted by atomic mass is 16.5. The third kappa shape index (κ3) is 7.71. The molecule has 2 aliphatic heterocycles. The lowest BCUT2D eigenvalue weighted by atomic mass is 10.1. The van der Waals surface area contributed by atoms with E-state index in [1.165, 1.54) is 10.0 Å². The van der Waals surface area contributed by atoms with Gasteiger partial charge in [0.25, 0.3) is 11.8 Å². The highest BCUT2D eigenvalue weighted by Gasteiger charge is 2.41. The zero-order valence-corrected chi connectivity index (χ0v) is 20.0. The third-order valence-corrected chi connectivity index (χ3v) is 5.63. The van der Waals surface area contributed by atoms with Crippen molar-refractivity contribution in [2.75, 3.05) is 20.2 Å². The van der Waals surface area contributed by atoms with Crippen molar-refractivity contribution in [3.63, 3.8) is 0 Å². The number of likely N-dealkylation sites (N-methyl/N-ethyl adjacent to an activating group) is 1. The van der Waals surface area contributed by atoms with Gasteiger partial charge >= 0.3 is 5.97 Å². The summed E-state index contributed by atoms with van der Waals surface area (Å²) in [5, 5.41) is 7.97. The fourth-order valence-electron chi connectivity index (χ4n) is 3.77. The zero-order chi connectivity index (χ0) is 25.8. The molecule has 2 saturated heterocycles. The number of aldehydes is 2. The number of amides is 3. The van der Waals surface area contributed by atoms with Crippen molar-refractivity contribution in [3.05, 3.63) is 35.9 Å². The van der Waals surface area contributed by atoms with Crippen LogP contribution in [0.3, 0.4) is 0 Å². The predicted molar refractivity (Wildman–Crippen MR) is 125 cm³/mol. The topological polar surface area (TPSA) is 142 Å². The summed E-state index contributed by atoms with van der Waals surface area (Å²) in [5.74, 6) is -1.30. The highest BCUT2D eigenvalue weighted by Crippen LogP contribution is 2.23. The number of carbonyl (C=O) groups excluding carboxylic acids is 6. The van der Waals surface area contributed by atoms with E-state index < -0.39 is 24.0 Å². The molecule has 0 saturated carbocycles. The van der Waals surface area contributed by atoms with Gasteiger partial charge in [0, 0.05) is 18.5 Å². The number of hydrazine groups is 1. The summed E-state index contributed by atoms with van der Waals surface area (Å²) in [6.45, 7) is 2.51. The maximum Gasteiger partial charge on any atom is 0.307 e. The summed E-state index contributed by atoms with van der Waals surface area (Å²) in [4.78, 5) is 69.7. The number of ether oxygens (including phenoxy) is 1. The molecule has 0 aromatic heterocycles. The smallest absolute Gasteiger partial charge is 0.307 e. The number of nitrogens with zero attached hydrogens (tertiary/aromatic N) is 2. The molecule has 1 aromatic rings. The average molecular weight is 489 g/mol. The summed E-state index contributed by atoms with van der Waals surface area (Å²) in [6.07, 6.45) is 3.09. The van der Waals surface area contributed by atoms with Crippen LogP contribution in [0.5, 0.6) is 0 Å². The summed E-state index contributed by atoms with van der Waals surface area (Å²) in [7, 11) is 1.62. The Balaban J connectivity index is 0.000000334. The van der Waals surface area contributed by atoms with Gasteiger partial charge in [0.05, 0.1) is 19.1 Å². The molecule has 0 radical (unpaired) electrons. The lowest BCUT2D eigenvalue weighted by Gasteiger charge is -2.41. The molecule has 0 bridgehead atoms. The molecule has 35 heavy (non-hydrogen) atoms. The Bertz CT molecular complexity index is 908. The number of hydrogen-bond acceptors (Lipinski definition) is 8. The number of nitrogens with one attached hydrogen (secondary N) is 2. The highest BCUT2D eigenvalue weighted by molar-refractivity contribution is 5.98. The molecule has 11 heteroatoms. The van der Waals surface area contributed by atoms with E-state index in [4.69, 9.17) is 0 Å². The minimum atomic E-state index is -0.813. The SMILES string of the molecule is CCOC(=O)C[C@@H](C=O)NC.O=C[C@@H]1CCCN2C(=O)CCC(NC(=O)c3ccccc3)C(=O)N12. The predicted octanol–water partition coefficient (Wildman–Crippen LogP) is 0.239. The van der Waals surface area contributed by atoms with E-state index in [0.29, 0.717) is 44.1 Å². The minimum absolute atomic E-state index is 0.105. The minimum Gasteiger partial charge on any atom is -0.466 e. The van der Waals surface area contributed by atoms with Crippen molar-refractivity contribution in [1.82, 2.24) is 20.7 Å². The molecule has 2 heterocycles. The number of rotatable bonds is 8. The molecule has 1 aromatic carbocycles. The van der Waals surface area contributed by atoms with Crippen molar-refractivity contribution in [1.29, 1.82) is 0 Å².